The molecule has 2 aromatic carbocycles. The van der Waals surface area contributed by atoms with Gasteiger partial charge in [-0.2, -0.15) is 0 Å². The molecule has 6 bridgehead atoms. The van der Waals surface area contributed by atoms with E-state index in [0.717, 1.165) is 29.8 Å². The van der Waals surface area contributed by atoms with Crippen LogP contribution >= 0.6 is 0 Å². The maximum atomic E-state index is 12.9. The molecule has 2 aliphatic rings. The minimum Gasteiger partial charge on any atom is -0.468 e. The van der Waals surface area contributed by atoms with Crippen molar-refractivity contribution in [2.24, 2.45) is 0 Å². The van der Waals surface area contributed by atoms with Gasteiger partial charge in [0.1, 0.15) is 11.5 Å². The molecule has 1 fully saturated rings. The third-order valence-electron chi connectivity index (χ3n) is 6.08. The van der Waals surface area contributed by atoms with Crippen LogP contribution in [0.25, 0.3) is 4.85 Å². The second-order valence-electron chi connectivity index (χ2n) is 8.04. The lowest BCUT2D eigenvalue weighted by Gasteiger charge is -2.21. The number of carbonyl (C=O) groups excluding carboxylic acids is 1. The second kappa shape index (κ2) is 7.89. The van der Waals surface area contributed by atoms with Gasteiger partial charge in [0.15, 0.2) is 0 Å². The number of amides is 1. The molecule has 7 nitrogen and oxygen atoms in total. The first-order valence-electron chi connectivity index (χ1n) is 10.4. The molecule has 2 atom stereocenters. The Morgan fingerprint density at radius 2 is 2.16 bits per heavy atom. The summed E-state index contributed by atoms with van der Waals surface area (Å²) >= 11 is 0. The second-order valence-corrected chi connectivity index (χ2v) is 8.04. The van der Waals surface area contributed by atoms with Gasteiger partial charge in [0.05, 0.1) is 30.7 Å². The summed E-state index contributed by atoms with van der Waals surface area (Å²) in [4.78, 5) is 22.7. The minimum atomic E-state index is -0.185. The monoisotopic (exact) mass is 413 g/mol. The molecule has 0 saturated carbocycles. The van der Waals surface area contributed by atoms with Crippen molar-refractivity contribution in [2.45, 2.75) is 38.5 Å². The van der Waals surface area contributed by atoms with Crippen LogP contribution in [-0.2, 0) is 17.9 Å². The maximum absolute atomic E-state index is 12.9. The Kier molecular flexibility index (Phi) is 4.92. The third kappa shape index (κ3) is 3.66. The Hall–Kier alpha value is -3.63. The van der Waals surface area contributed by atoms with Gasteiger partial charge >= 0.3 is 0 Å². The van der Waals surface area contributed by atoms with Gasteiger partial charge in [0.25, 0.3) is 0 Å². The molecule has 31 heavy (non-hydrogen) atoms. The summed E-state index contributed by atoms with van der Waals surface area (Å²) in [6.45, 7) is 11.4. The van der Waals surface area contributed by atoms with Gasteiger partial charge in [-0.25, -0.2) is 9.83 Å². The summed E-state index contributed by atoms with van der Waals surface area (Å²) < 4.78 is 8.24. The van der Waals surface area contributed by atoms with E-state index >= 15 is 0 Å². The van der Waals surface area contributed by atoms with Gasteiger partial charge in [-0.3, -0.25) is 4.79 Å². The molecule has 1 amide bonds. The van der Waals surface area contributed by atoms with E-state index in [4.69, 9.17) is 11.3 Å². The van der Waals surface area contributed by atoms with Crippen molar-refractivity contribution in [3.8, 4) is 11.5 Å². The largest absolute Gasteiger partial charge is 0.468 e. The number of nitrogens with zero attached hydrogens (tertiary/aromatic N) is 4. The number of hydrogen-bond acceptors (Lipinski definition) is 4. The van der Waals surface area contributed by atoms with Crippen molar-refractivity contribution in [1.29, 1.82) is 0 Å². The molecule has 1 saturated heterocycles. The Morgan fingerprint density at radius 3 is 3.03 bits per heavy atom. The van der Waals surface area contributed by atoms with Crippen molar-refractivity contribution in [3.63, 3.8) is 0 Å². The van der Waals surface area contributed by atoms with Gasteiger partial charge in [0, 0.05) is 25.8 Å². The number of nitrogens with one attached hydrogen (secondary N) is 1. The van der Waals surface area contributed by atoms with Crippen molar-refractivity contribution < 1.29 is 9.53 Å². The molecule has 1 aromatic heterocycles. The minimum absolute atomic E-state index is 0.00329. The lowest BCUT2D eigenvalue weighted by atomic mass is 10.1. The molecule has 3 aromatic rings. The van der Waals surface area contributed by atoms with Crippen LogP contribution in [0.1, 0.15) is 36.2 Å². The number of carbonyl (C=O) groups is 1. The smallest absolute Gasteiger partial charge is 0.240 e. The van der Waals surface area contributed by atoms with Gasteiger partial charge in [-0.15, -0.1) is 0 Å². The molecule has 0 aliphatic carbocycles. The first-order chi connectivity index (χ1) is 15.1. The molecule has 5 rings (SSSR count). The summed E-state index contributed by atoms with van der Waals surface area (Å²) in [5, 5.41) is 3.42. The molecule has 0 radical (unpaired) electrons. The zero-order valence-electron chi connectivity index (χ0n) is 17.3. The first kappa shape index (κ1) is 19.3. The van der Waals surface area contributed by atoms with E-state index in [9.17, 15) is 4.79 Å². The average Bonchev–Trinajstić information content (AvgIpc) is 3.38. The molecule has 7 heteroatoms. The Labute approximate surface area is 181 Å². The molecular formula is C24H23N5O2. The predicted octanol–water partition coefficient (Wildman–Crippen LogP) is 4.04. The Balaban J connectivity index is 1.59. The fourth-order valence-electron chi connectivity index (χ4n) is 4.31. The number of imidazole rings is 1. The molecule has 1 N–H and O–H groups in total. The van der Waals surface area contributed by atoms with Crippen molar-refractivity contribution in [1.82, 2.24) is 19.8 Å². The summed E-state index contributed by atoms with van der Waals surface area (Å²) in [6.07, 6.45) is 4.42. The van der Waals surface area contributed by atoms with E-state index in [0.29, 0.717) is 30.3 Å². The van der Waals surface area contributed by atoms with Crippen LogP contribution in [0.2, 0.25) is 0 Å². The predicted molar refractivity (Wildman–Crippen MR) is 116 cm³/mol. The van der Waals surface area contributed by atoms with Crippen LogP contribution < -0.4 is 10.1 Å². The van der Waals surface area contributed by atoms with Crippen molar-refractivity contribution in [2.75, 3.05) is 6.54 Å². The highest BCUT2D eigenvalue weighted by Gasteiger charge is 2.31. The number of aromatic nitrogens is 2. The lowest BCUT2D eigenvalue weighted by Crippen LogP contribution is -2.38. The van der Waals surface area contributed by atoms with Crippen LogP contribution in [0.15, 0.2) is 55.0 Å². The van der Waals surface area contributed by atoms with E-state index < -0.39 is 0 Å². The van der Waals surface area contributed by atoms with Crippen LogP contribution in [0.5, 0.6) is 11.5 Å². The van der Waals surface area contributed by atoms with Crippen molar-refractivity contribution >= 4 is 11.6 Å². The summed E-state index contributed by atoms with van der Waals surface area (Å²) in [5.74, 6) is 1.31. The number of fused-ring (bicyclic) bond motifs is 7. The van der Waals surface area contributed by atoms with Gasteiger partial charge < -0.3 is 19.5 Å². The first-order valence-corrected chi connectivity index (χ1v) is 10.4. The van der Waals surface area contributed by atoms with Crippen LogP contribution in [-0.4, -0.2) is 32.9 Å². The Morgan fingerprint density at radius 1 is 1.26 bits per heavy atom. The molecule has 156 valence electrons. The fourth-order valence-corrected chi connectivity index (χ4v) is 4.31. The standard InChI is InChI=1S/C24H23N5O2/c1-16-18-6-7-21(25-2)23(11-18)31-20-5-3-4-17(10-20)14-28-9-8-22(24(28)30)27-13-19-12-26-15-29(16)19/h3-7,10-12,15-16,22,27H,8-9,13-14H2,1H3/t16-,22-/m1/s1. The van der Waals surface area contributed by atoms with E-state index in [1.165, 1.54) is 0 Å². The van der Waals surface area contributed by atoms with Gasteiger partial charge in [0.2, 0.25) is 11.6 Å². The molecule has 3 heterocycles. The Bertz CT molecular complexity index is 1180. The number of benzene rings is 2. The SMILES string of the molecule is [C-]#[N+]c1ccc2cc1Oc1cccc(c1)CN1CC[C@@H](NCc3cncn3[C@@H]2C)C1=O. The third-order valence-corrected chi connectivity index (χ3v) is 6.08. The van der Waals surface area contributed by atoms with Crippen LogP contribution in [0.4, 0.5) is 5.69 Å². The molecule has 0 unspecified atom stereocenters. The lowest BCUT2D eigenvalue weighted by molar-refractivity contribution is -0.129. The van der Waals surface area contributed by atoms with E-state index in [2.05, 4.69) is 26.6 Å². The molecule has 0 spiro atoms. The number of rotatable bonds is 0. The van der Waals surface area contributed by atoms with E-state index in [1.807, 2.05) is 47.5 Å². The summed E-state index contributed by atoms with van der Waals surface area (Å²) in [6, 6.07) is 13.2. The zero-order chi connectivity index (χ0) is 21.4. The quantitative estimate of drug-likeness (QED) is 0.565. The molecular weight excluding hydrogens is 390 g/mol. The summed E-state index contributed by atoms with van der Waals surface area (Å²) in [7, 11) is 0. The van der Waals surface area contributed by atoms with Crippen LogP contribution in [0.3, 0.4) is 0 Å². The summed E-state index contributed by atoms with van der Waals surface area (Å²) in [5.41, 5.74) is 3.50. The van der Waals surface area contributed by atoms with Crippen molar-refractivity contribution in [3.05, 3.63) is 83.2 Å². The highest BCUT2D eigenvalue weighted by Crippen LogP contribution is 2.36. The molecule has 2 aliphatic heterocycles. The highest BCUT2D eigenvalue weighted by molar-refractivity contribution is 5.84. The van der Waals surface area contributed by atoms with E-state index in [1.54, 1.807) is 12.4 Å². The highest BCUT2D eigenvalue weighted by atomic mass is 16.5. The topological polar surface area (TPSA) is 63.8 Å². The normalized spacial score (nSPS) is 20.6. The number of hydrogen-bond donors (Lipinski definition) is 1. The zero-order valence-corrected chi connectivity index (χ0v) is 17.3. The number of ether oxygens (including phenoxy) is 1. The van der Waals surface area contributed by atoms with Crippen LogP contribution in [0, 0.1) is 6.57 Å². The average molecular weight is 413 g/mol. The fraction of sp³-hybridized carbons (Fsp3) is 0.292. The van der Waals surface area contributed by atoms with Gasteiger partial charge in [-0.05, 0) is 42.7 Å². The maximum Gasteiger partial charge on any atom is 0.240 e. The van der Waals surface area contributed by atoms with E-state index in [-0.39, 0.29) is 18.0 Å². The van der Waals surface area contributed by atoms with Gasteiger partial charge in [-0.1, -0.05) is 24.3 Å².